The van der Waals surface area contributed by atoms with Gasteiger partial charge in [-0.1, -0.05) is 57.2 Å². The monoisotopic (exact) mass is 471 g/mol. The molecular weight excluding hydrogens is 438 g/mol. The van der Waals surface area contributed by atoms with Crippen LogP contribution < -0.4 is 10.1 Å². The average Bonchev–Trinajstić information content (AvgIpc) is 3.38. The molecule has 0 radical (unpaired) electrons. The van der Waals surface area contributed by atoms with E-state index >= 15 is 0 Å². The van der Waals surface area contributed by atoms with Crippen LogP contribution in [0, 0.1) is 0 Å². The Morgan fingerprint density at radius 3 is 2.60 bits per heavy atom. The number of aromatic amines is 1. The molecule has 182 valence electrons. The Labute approximate surface area is 206 Å². The van der Waals surface area contributed by atoms with Crippen molar-refractivity contribution >= 4 is 28.4 Å². The maximum absolute atomic E-state index is 13.4. The zero-order valence-corrected chi connectivity index (χ0v) is 20.5. The number of carbonyl (C=O) groups excluding carboxylic acids is 2. The summed E-state index contributed by atoms with van der Waals surface area (Å²) in [7, 11) is 0. The number of carbonyl (C=O) groups is 2. The molecule has 0 saturated carbocycles. The van der Waals surface area contributed by atoms with Crippen molar-refractivity contribution in [2.45, 2.75) is 58.3 Å². The molecule has 6 nitrogen and oxygen atoms in total. The summed E-state index contributed by atoms with van der Waals surface area (Å²) in [6, 6.07) is 14.1. The maximum Gasteiger partial charge on any atom is 0.259 e. The molecule has 3 aromatic rings. The van der Waals surface area contributed by atoms with Crippen molar-refractivity contribution in [3.63, 3.8) is 0 Å². The van der Waals surface area contributed by atoms with Gasteiger partial charge >= 0.3 is 0 Å². The number of nitrogens with zero attached hydrogens (tertiary/aromatic N) is 1. The first-order valence-corrected chi connectivity index (χ1v) is 12.7. The molecule has 1 unspecified atom stereocenters. The van der Waals surface area contributed by atoms with Gasteiger partial charge in [-0.05, 0) is 41.8 Å². The van der Waals surface area contributed by atoms with E-state index in [1.807, 2.05) is 48.7 Å². The van der Waals surface area contributed by atoms with Crippen molar-refractivity contribution in [1.82, 2.24) is 9.88 Å². The fraction of sp³-hybridized carbons (Fsp3) is 0.379. The van der Waals surface area contributed by atoms with Gasteiger partial charge in [-0.3, -0.25) is 14.5 Å². The lowest BCUT2D eigenvalue weighted by molar-refractivity contribution is -0.139. The third-order valence-electron chi connectivity index (χ3n) is 7.10. The normalized spacial score (nSPS) is 16.9. The molecule has 0 bridgehead atoms. The summed E-state index contributed by atoms with van der Waals surface area (Å²) in [4.78, 5) is 30.3. The van der Waals surface area contributed by atoms with Crippen molar-refractivity contribution in [2.24, 2.45) is 0 Å². The van der Waals surface area contributed by atoms with Crippen LogP contribution >= 0.6 is 0 Å². The minimum atomic E-state index is -0.278. The molecule has 1 aromatic heterocycles. The molecule has 5 rings (SSSR count). The lowest BCUT2D eigenvalue weighted by Gasteiger charge is -2.20. The van der Waals surface area contributed by atoms with E-state index in [9.17, 15) is 9.59 Å². The lowest BCUT2D eigenvalue weighted by Crippen LogP contribution is -2.33. The van der Waals surface area contributed by atoms with Gasteiger partial charge in [0.2, 0.25) is 5.91 Å². The Balaban J connectivity index is 1.41. The Kier molecular flexibility index (Phi) is 6.62. The predicted octanol–water partition coefficient (Wildman–Crippen LogP) is 6.11. The fourth-order valence-corrected chi connectivity index (χ4v) is 5.28. The van der Waals surface area contributed by atoms with Crippen LogP contribution in [0.4, 0.5) is 5.69 Å². The highest BCUT2D eigenvalue weighted by atomic mass is 16.5. The summed E-state index contributed by atoms with van der Waals surface area (Å²) >= 11 is 0. The van der Waals surface area contributed by atoms with Gasteiger partial charge in [0.25, 0.3) is 5.91 Å². The number of hydrogen-bond acceptors (Lipinski definition) is 4. The first-order chi connectivity index (χ1) is 17.1. The molecule has 0 aliphatic carbocycles. The van der Waals surface area contributed by atoms with Gasteiger partial charge in [-0.15, -0.1) is 0 Å². The Bertz CT molecular complexity index is 1270. The summed E-state index contributed by atoms with van der Waals surface area (Å²) in [5.74, 6) is 0.0930. The van der Waals surface area contributed by atoms with E-state index < -0.39 is 0 Å². The molecule has 2 aromatic carbocycles. The van der Waals surface area contributed by atoms with E-state index in [0.29, 0.717) is 12.2 Å². The highest BCUT2D eigenvalue weighted by molar-refractivity contribution is 6.11. The number of ether oxygens (including phenoxy) is 1. The Hall–Kier alpha value is -3.54. The van der Waals surface area contributed by atoms with E-state index in [1.54, 1.807) is 0 Å². The van der Waals surface area contributed by atoms with Crippen LogP contribution in [0.1, 0.15) is 69.4 Å². The molecule has 35 heavy (non-hydrogen) atoms. The Morgan fingerprint density at radius 2 is 1.83 bits per heavy atom. The van der Waals surface area contributed by atoms with Crippen LogP contribution in [0.2, 0.25) is 0 Å². The second kappa shape index (κ2) is 9.98. The molecule has 2 N–H and O–H groups in total. The number of rotatable bonds is 9. The van der Waals surface area contributed by atoms with Crippen molar-refractivity contribution in [2.75, 3.05) is 18.5 Å². The summed E-state index contributed by atoms with van der Waals surface area (Å²) in [6.07, 6.45) is 9.38. The molecule has 0 spiro atoms. The number of aromatic nitrogens is 1. The van der Waals surface area contributed by atoms with Gasteiger partial charge in [0.15, 0.2) is 0 Å². The number of hydrogen-bond donors (Lipinski definition) is 2. The number of H-pyrrole nitrogens is 1. The van der Waals surface area contributed by atoms with Gasteiger partial charge < -0.3 is 15.0 Å². The van der Waals surface area contributed by atoms with E-state index in [-0.39, 0.29) is 24.3 Å². The van der Waals surface area contributed by atoms with Crippen LogP contribution in [0.25, 0.3) is 10.9 Å². The van der Waals surface area contributed by atoms with Crippen LogP contribution in [-0.2, 0) is 9.59 Å². The average molecular weight is 472 g/mol. The quantitative estimate of drug-likeness (QED) is 0.369. The molecule has 0 fully saturated rings. The standard InChI is InChI=1S/C29H33N3O3/c1-3-4-5-6-7-8-16-35-21-14-12-20(13-15-21)26-22-17-30-23-10-9-11-24(27(22)23)31-25-18-32(19(2)33)29(34)28(25)26/h9-15,17,26,30-31H,3-8,16,18H2,1-2H3. The van der Waals surface area contributed by atoms with Gasteiger partial charge in [0.1, 0.15) is 5.75 Å². The first-order valence-electron chi connectivity index (χ1n) is 12.7. The van der Waals surface area contributed by atoms with E-state index in [1.165, 1.54) is 43.9 Å². The first kappa shape index (κ1) is 23.2. The minimum absolute atomic E-state index is 0.226. The van der Waals surface area contributed by atoms with Gasteiger partial charge in [0.05, 0.1) is 18.7 Å². The second-order valence-corrected chi connectivity index (χ2v) is 9.52. The Morgan fingerprint density at radius 1 is 1.06 bits per heavy atom. The predicted molar refractivity (Wildman–Crippen MR) is 138 cm³/mol. The van der Waals surface area contributed by atoms with Crippen molar-refractivity contribution in [3.05, 3.63) is 71.1 Å². The minimum Gasteiger partial charge on any atom is -0.494 e. The molecule has 6 heteroatoms. The summed E-state index contributed by atoms with van der Waals surface area (Å²) in [5, 5.41) is 4.55. The summed E-state index contributed by atoms with van der Waals surface area (Å²) in [5.41, 5.74) is 5.44. The molecular formula is C29H33N3O3. The molecule has 0 saturated heterocycles. The molecule has 2 aliphatic rings. The molecule has 3 heterocycles. The SMILES string of the molecule is CCCCCCCCOc1ccc(C2C3=C(CN(C(C)=O)C3=O)Nc3cccc4[nH]cc2c34)cc1. The third-order valence-corrected chi connectivity index (χ3v) is 7.10. The lowest BCUT2D eigenvalue weighted by atomic mass is 9.84. The molecule has 2 aliphatic heterocycles. The van der Waals surface area contributed by atoms with E-state index in [0.717, 1.165) is 45.6 Å². The number of anilines is 1. The number of imide groups is 1. The largest absolute Gasteiger partial charge is 0.494 e. The van der Waals surface area contributed by atoms with Gasteiger partial charge in [-0.25, -0.2) is 0 Å². The van der Waals surface area contributed by atoms with Gasteiger partial charge in [0, 0.05) is 41.3 Å². The smallest absolute Gasteiger partial charge is 0.259 e. The van der Waals surface area contributed by atoms with Crippen molar-refractivity contribution in [1.29, 1.82) is 0 Å². The van der Waals surface area contributed by atoms with Crippen LogP contribution in [0.5, 0.6) is 5.75 Å². The fourth-order valence-electron chi connectivity index (χ4n) is 5.28. The van der Waals surface area contributed by atoms with Gasteiger partial charge in [-0.2, -0.15) is 0 Å². The third kappa shape index (κ3) is 4.45. The number of benzene rings is 2. The highest BCUT2D eigenvalue weighted by Crippen LogP contribution is 2.45. The van der Waals surface area contributed by atoms with E-state index in [4.69, 9.17) is 4.74 Å². The van der Waals surface area contributed by atoms with Crippen molar-refractivity contribution < 1.29 is 14.3 Å². The topological polar surface area (TPSA) is 74.4 Å². The zero-order chi connectivity index (χ0) is 24.4. The number of unbranched alkanes of at least 4 members (excludes halogenated alkanes) is 5. The molecule has 2 amide bonds. The maximum atomic E-state index is 13.4. The highest BCUT2D eigenvalue weighted by Gasteiger charge is 2.41. The van der Waals surface area contributed by atoms with E-state index in [2.05, 4.69) is 17.2 Å². The van der Waals surface area contributed by atoms with Crippen LogP contribution in [0.3, 0.4) is 0 Å². The molecule has 1 atom stereocenters. The van der Waals surface area contributed by atoms with Crippen molar-refractivity contribution in [3.8, 4) is 5.75 Å². The van der Waals surface area contributed by atoms with Crippen LogP contribution in [-0.4, -0.2) is 34.8 Å². The second-order valence-electron chi connectivity index (χ2n) is 9.52. The summed E-state index contributed by atoms with van der Waals surface area (Å²) in [6.45, 7) is 4.66. The summed E-state index contributed by atoms with van der Waals surface area (Å²) < 4.78 is 5.98. The number of nitrogens with one attached hydrogen (secondary N) is 2. The zero-order valence-electron chi connectivity index (χ0n) is 20.5. The number of amides is 2. The van der Waals surface area contributed by atoms with Crippen LogP contribution in [0.15, 0.2) is 59.9 Å².